The quantitative estimate of drug-likeness (QED) is 0.484. The maximum atomic E-state index is 2.22. The van der Waals surface area contributed by atoms with E-state index in [0.29, 0.717) is 0 Å². The molecule has 0 fully saturated rings. The summed E-state index contributed by atoms with van der Waals surface area (Å²) in [4.78, 5) is 0. The average molecular weight is 218 g/mol. The van der Waals surface area contributed by atoms with Gasteiger partial charge in [0.2, 0.25) is 0 Å². The van der Waals surface area contributed by atoms with Crippen molar-refractivity contribution in [1.29, 1.82) is 0 Å². The Kier molecular flexibility index (Phi) is 59.9. The lowest BCUT2D eigenvalue weighted by Crippen LogP contribution is -1.77. The molecule has 0 saturated carbocycles. The fourth-order valence-electron chi connectivity index (χ4n) is 0. The lowest BCUT2D eigenvalue weighted by molar-refractivity contribution is 0.626. The van der Waals surface area contributed by atoms with Gasteiger partial charge in [0.15, 0.2) is 0 Å². The van der Waals surface area contributed by atoms with Crippen LogP contribution in [0, 0.1) is 5.92 Å². The van der Waals surface area contributed by atoms with Gasteiger partial charge in [0.05, 0.1) is 0 Å². The number of hydrogen-bond acceptors (Lipinski definition) is 0. The third-order valence-electron chi connectivity index (χ3n) is 1.32. The first-order chi connectivity index (χ1) is 7.01. The molecule has 98 valence electrons. The van der Waals surface area contributed by atoms with E-state index in [9.17, 15) is 0 Å². The molecule has 0 heterocycles. The zero-order valence-electron chi connectivity index (χ0n) is 13.1. The van der Waals surface area contributed by atoms with Crippen LogP contribution in [-0.2, 0) is 0 Å². The van der Waals surface area contributed by atoms with E-state index in [2.05, 4.69) is 62.3 Å². The number of rotatable bonds is 2. The first-order valence-corrected chi connectivity index (χ1v) is 7.01. The van der Waals surface area contributed by atoms with E-state index in [4.69, 9.17) is 0 Å². The molecule has 0 bridgehead atoms. The maximum absolute atomic E-state index is 2.22. The second-order valence-corrected chi connectivity index (χ2v) is 4.22. The summed E-state index contributed by atoms with van der Waals surface area (Å²) in [5, 5.41) is 0. The zero-order chi connectivity index (χ0) is 13.1. The van der Waals surface area contributed by atoms with Crippen LogP contribution in [-0.4, -0.2) is 0 Å². The Morgan fingerprint density at radius 1 is 0.600 bits per heavy atom. The molecule has 0 aliphatic heterocycles. The highest BCUT2D eigenvalue weighted by Gasteiger charge is 1.80. The summed E-state index contributed by atoms with van der Waals surface area (Å²) >= 11 is 0. The lowest BCUT2D eigenvalue weighted by atomic mass is 10.2. The predicted octanol–water partition coefficient (Wildman–Crippen LogP) is 6.69. The summed E-state index contributed by atoms with van der Waals surface area (Å²) in [7, 11) is 0. The molecule has 0 amide bonds. The van der Waals surface area contributed by atoms with Crippen molar-refractivity contribution >= 4 is 0 Å². The molecular formula is C15H38. The molecule has 0 unspecified atom stereocenters. The molecular weight excluding hydrogens is 180 g/mol. The summed E-state index contributed by atoms with van der Waals surface area (Å²) in [6.07, 6.45) is 6.44. The minimum Gasteiger partial charge on any atom is -0.0656 e. The number of hydrogen-bond donors (Lipinski definition) is 0. The molecule has 0 atom stereocenters. The smallest absolute Gasteiger partial charge is 0.0474 e. The van der Waals surface area contributed by atoms with Crippen molar-refractivity contribution in [1.82, 2.24) is 0 Å². The maximum Gasteiger partial charge on any atom is -0.0474 e. The SMILES string of the molecule is CCC.CCC.CCC(C)C.CCCC. The van der Waals surface area contributed by atoms with Crippen molar-refractivity contribution in [3.8, 4) is 0 Å². The Hall–Kier alpha value is 0. The van der Waals surface area contributed by atoms with Gasteiger partial charge in [-0.2, -0.15) is 0 Å². The monoisotopic (exact) mass is 218 g/mol. The predicted molar refractivity (Wildman–Crippen MR) is 77.6 cm³/mol. The van der Waals surface area contributed by atoms with Gasteiger partial charge >= 0.3 is 0 Å². The third kappa shape index (κ3) is 224. The molecule has 0 aliphatic rings. The van der Waals surface area contributed by atoms with Gasteiger partial charge in [-0.3, -0.25) is 0 Å². The highest BCUT2D eigenvalue weighted by molar-refractivity contribution is 4.32. The van der Waals surface area contributed by atoms with Gasteiger partial charge in [-0.25, -0.2) is 0 Å². The van der Waals surface area contributed by atoms with Crippen molar-refractivity contribution in [2.24, 2.45) is 5.92 Å². The van der Waals surface area contributed by atoms with Crippen LogP contribution in [0.25, 0.3) is 0 Å². The highest BCUT2D eigenvalue weighted by atomic mass is 13.9. The van der Waals surface area contributed by atoms with Crippen molar-refractivity contribution in [2.45, 2.75) is 94.4 Å². The van der Waals surface area contributed by atoms with Crippen LogP contribution in [0.4, 0.5) is 0 Å². The molecule has 0 rings (SSSR count). The van der Waals surface area contributed by atoms with Crippen LogP contribution in [0.1, 0.15) is 94.4 Å². The molecule has 0 nitrogen and oxygen atoms in total. The van der Waals surface area contributed by atoms with Gasteiger partial charge in [0.1, 0.15) is 0 Å². The molecule has 0 radical (unpaired) electrons. The Bertz CT molecular complexity index is 42.0. The zero-order valence-corrected chi connectivity index (χ0v) is 13.1. The highest BCUT2D eigenvalue weighted by Crippen LogP contribution is 1.93. The number of unbranched alkanes of at least 4 members (excludes halogenated alkanes) is 1. The Balaban J connectivity index is -0.0000000553. The van der Waals surface area contributed by atoms with Crippen LogP contribution in [0.5, 0.6) is 0 Å². The van der Waals surface area contributed by atoms with Crippen molar-refractivity contribution in [3.05, 3.63) is 0 Å². The van der Waals surface area contributed by atoms with Crippen LogP contribution in [0.3, 0.4) is 0 Å². The second kappa shape index (κ2) is 37.0. The van der Waals surface area contributed by atoms with E-state index in [1.54, 1.807) is 0 Å². The van der Waals surface area contributed by atoms with Gasteiger partial charge in [-0.15, -0.1) is 0 Å². The van der Waals surface area contributed by atoms with E-state index in [-0.39, 0.29) is 0 Å². The summed E-state index contributed by atoms with van der Waals surface area (Å²) < 4.78 is 0. The molecule has 0 saturated heterocycles. The van der Waals surface area contributed by atoms with Crippen molar-refractivity contribution in [2.75, 3.05) is 0 Å². The lowest BCUT2D eigenvalue weighted by Gasteiger charge is -1.90. The minimum absolute atomic E-state index is 0.884. The van der Waals surface area contributed by atoms with Gasteiger partial charge in [0, 0.05) is 0 Å². The van der Waals surface area contributed by atoms with E-state index in [0.717, 1.165) is 5.92 Å². The largest absolute Gasteiger partial charge is 0.0656 e. The van der Waals surface area contributed by atoms with Crippen molar-refractivity contribution in [3.63, 3.8) is 0 Å². The first-order valence-electron chi connectivity index (χ1n) is 7.01. The van der Waals surface area contributed by atoms with Crippen LogP contribution in [0.15, 0.2) is 0 Å². The van der Waals surface area contributed by atoms with Gasteiger partial charge in [0.25, 0.3) is 0 Å². The normalized spacial score (nSPS) is 7.60. The van der Waals surface area contributed by atoms with Crippen LogP contribution < -0.4 is 0 Å². The third-order valence-corrected chi connectivity index (χ3v) is 1.32. The molecule has 0 aromatic carbocycles. The Morgan fingerprint density at radius 2 is 0.733 bits per heavy atom. The second-order valence-electron chi connectivity index (χ2n) is 4.22. The first kappa shape index (κ1) is 24.3. The van der Waals surface area contributed by atoms with E-state index < -0.39 is 0 Å². The van der Waals surface area contributed by atoms with Crippen LogP contribution in [0.2, 0.25) is 0 Å². The molecule has 0 aromatic heterocycles. The van der Waals surface area contributed by atoms with E-state index >= 15 is 0 Å². The molecule has 15 heavy (non-hydrogen) atoms. The minimum atomic E-state index is 0.884. The Morgan fingerprint density at radius 3 is 0.733 bits per heavy atom. The molecule has 0 heteroatoms. The molecule has 0 aromatic rings. The van der Waals surface area contributed by atoms with Crippen LogP contribution >= 0.6 is 0 Å². The van der Waals surface area contributed by atoms with Gasteiger partial charge < -0.3 is 0 Å². The topological polar surface area (TPSA) is 0 Å². The fourth-order valence-corrected chi connectivity index (χ4v) is 0. The van der Waals surface area contributed by atoms with E-state index in [1.807, 2.05) is 0 Å². The molecule has 0 N–H and O–H groups in total. The van der Waals surface area contributed by atoms with Gasteiger partial charge in [-0.1, -0.05) is 94.4 Å². The van der Waals surface area contributed by atoms with Crippen molar-refractivity contribution < 1.29 is 0 Å². The van der Waals surface area contributed by atoms with Gasteiger partial charge in [-0.05, 0) is 5.92 Å². The standard InChI is InChI=1S/C5H12.C4H10.2C3H8/c1-4-5(2)3;1-3-4-2;2*1-3-2/h5H,4H2,1-3H3;3-4H2,1-2H3;2*3H2,1-2H3. The summed E-state index contributed by atoms with van der Waals surface area (Å²) in [5.74, 6) is 0.884. The van der Waals surface area contributed by atoms with E-state index in [1.165, 1.54) is 32.1 Å². The Labute approximate surface area is 101 Å². The average Bonchev–Trinajstić information content (AvgIpc) is 2.20. The summed E-state index contributed by atoms with van der Waals surface area (Å²) in [5.41, 5.74) is 0. The molecule has 0 spiro atoms. The molecule has 0 aliphatic carbocycles. The fraction of sp³-hybridized carbons (Fsp3) is 1.00. The summed E-state index contributed by atoms with van der Waals surface area (Å²) in [6, 6.07) is 0. The summed E-state index contributed by atoms with van der Waals surface area (Å²) in [6.45, 7) is 19.5.